The first kappa shape index (κ1) is 48.1. The van der Waals surface area contributed by atoms with Crippen molar-refractivity contribution in [3.05, 3.63) is 160 Å². The monoisotopic (exact) mass is 899 g/mol. The first-order valence-corrected chi connectivity index (χ1v) is 20.8. The molecule has 3 heterocycles. The number of phenols is 3. The molecule has 5 N–H and O–H groups in total. The van der Waals surface area contributed by atoms with Crippen LogP contribution in [-0.2, 0) is 23.8 Å². The van der Waals surface area contributed by atoms with Crippen molar-refractivity contribution in [2.45, 2.75) is 70.9 Å². The molecule has 2 unspecified atom stereocenters. The lowest BCUT2D eigenvalue weighted by Crippen LogP contribution is -2.42. The number of aromatic hydroxyl groups is 3. The fourth-order valence-electron chi connectivity index (χ4n) is 6.41. The molecule has 336 valence electrons. The Bertz CT molecular complexity index is 2480. The molecule has 2 aliphatic rings. The molecule has 0 aliphatic carbocycles. The van der Waals surface area contributed by atoms with Crippen LogP contribution in [0.4, 0.5) is 23.7 Å². The van der Waals surface area contributed by atoms with E-state index >= 15 is 0 Å². The van der Waals surface area contributed by atoms with Crippen LogP contribution in [0.3, 0.4) is 0 Å². The standard InChI is InChI=1S/C24H27NO5S.C12H9F3N2O2.2C6H6O/c1-13-14(2)21-18(15(3)20(13)26)9-10-24(4,30-21)12-29-17-7-5-16(6-8-17)11-19-22(27)25-23(28)31-19;1-7-10(6-16-19-7)11(18)17-9-4-2-8(3-5-9)12(13,14)15;2*7-6-4-2-1-3-5-6/h5-8,19,26H,9-12H2,1-4H3,(H,25,27,28);2-6H,1H3,(H,17,18);2*1-5,7H. The van der Waals surface area contributed by atoms with Gasteiger partial charge in [0.25, 0.3) is 11.1 Å². The Morgan fingerprint density at radius 3 is 1.94 bits per heavy atom. The summed E-state index contributed by atoms with van der Waals surface area (Å²) < 4.78 is 54.2. The van der Waals surface area contributed by atoms with Gasteiger partial charge in [0.1, 0.15) is 52.3 Å². The summed E-state index contributed by atoms with van der Waals surface area (Å²) in [6.07, 6.45) is -1.02. The first-order chi connectivity index (χ1) is 30.3. The highest BCUT2D eigenvalue weighted by Gasteiger charge is 2.36. The quantitative estimate of drug-likeness (QED) is 0.103. The summed E-state index contributed by atoms with van der Waals surface area (Å²) in [4.78, 5) is 34.8. The van der Waals surface area contributed by atoms with Crippen LogP contribution < -0.4 is 20.1 Å². The van der Waals surface area contributed by atoms with E-state index in [0.29, 0.717) is 36.0 Å². The molecule has 2 aliphatic heterocycles. The van der Waals surface area contributed by atoms with Gasteiger partial charge in [0, 0.05) is 11.3 Å². The summed E-state index contributed by atoms with van der Waals surface area (Å²) in [5, 5.41) is 35.2. The lowest BCUT2D eigenvalue weighted by molar-refractivity contribution is -0.137. The molecule has 1 aromatic heterocycles. The van der Waals surface area contributed by atoms with E-state index < -0.39 is 23.2 Å². The first-order valence-electron chi connectivity index (χ1n) is 19.9. The molecule has 1 fully saturated rings. The number of alkyl halides is 3. The maximum atomic E-state index is 12.4. The number of hydrogen-bond donors (Lipinski definition) is 5. The van der Waals surface area contributed by atoms with E-state index in [2.05, 4.69) is 15.8 Å². The van der Waals surface area contributed by atoms with Gasteiger partial charge in [-0.05, 0) is 137 Å². The van der Waals surface area contributed by atoms with Gasteiger partial charge in [0.05, 0.1) is 17.0 Å². The number of aromatic nitrogens is 1. The second-order valence-electron chi connectivity index (χ2n) is 15.1. The zero-order valence-corrected chi connectivity index (χ0v) is 36.5. The van der Waals surface area contributed by atoms with Gasteiger partial charge in [0.2, 0.25) is 5.91 Å². The van der Waals surface area contributed by atoms with Crippen molar-refractivity contribution in [2.24, 2.45) is 0 Å². The maximum absolute atomic E-state index is 12.4. The van der Waals surface area contributed by atoms with Crippen LogP contribution in [-0.4, -0.2) is 55.0 Å². The summed E-state index contributed by atoms with van der Waals surface area (Å²) in [6.45, 7) is 9.85. The fraction of sp³-hybridized carbons (Fsp3) is 0.250. The SMILES string of the molecule is Cc1c(C)c2c(c(C)c1O)CCC(C)(COc1ccc(CC3SC(=O)NC3=O)cc1)O2.Cc1oncc1C(=O)Nc1ccc(C(F)(F)F)cc1.Oc1ccccc1.Oc1ccccc1. The fourth-order valence-corrected chi connectivity index (χ4v) is 7.27. The number of fused-ring (bicyclic) bond motifs is 1. The van der Waals surface area contributed by atoms with Crippen LogP contribution in [0, 0.1) is 27.7 Å². The number of thioether (sulfide) groups is 1. The molecule has 2 atom stereocenters. The van der Waals surface area contributed by atoms with Gasteiger partial charge in [-0.1, -0.05) is 65.4 Å². The van der Waals surface area contributed by atoms with Crippen molar-refractivity contribution in [3.8, 4) is 28.7 Å². The molecule has 16 heteroatoms. The van der Waals surface area contributed by atoms with E-state index in [4.69, 9.17) is 24.2 Å². The number of carbonyl (C=O) groups excluding carboxylic acids is 3. The Kier molecular flexibility index (Phi) is 16.1. The maximum Gasteiger partial charge on any atom is 0.416 e. The molecule has 12 nitrogen and oxygen atoms in total. The summed E-state index contributed by atoms with van der Waals surface area (Å²) in [7, 11) is 0. The second-order valence-corrected chi connectivity index (χ2v) is 16.3. The number of rotatable bonds is 7. The van der Waals surface area contributed by atoms with Crippen molar-refractivity contribution >= 4 is 34.5 Å². The summed E-state index contributed by atoms with van der Waals surface area (Å²) in [5.41, 5.74) is 4.04. The molecular weight excluding hydrogens is 852 g/mol. The average Bonchev–Trinajstić information content (AvgIpc) is 3.85. The Labute approximate surface area is 372 Å². The zero-order valence-electron chi connectivity index (χ0n) is 35.7. The minimum Gasteiger partial charge on any atom is -0.508 e. The third kappa shape index (κ3) is 13.3. The molecule has 0 saturated carbocycles. The van der Waals surface area contributed by atoms with Crippen molar-refractivity contribution in [3.63, 3.8) is 0 Å². The number of imide groups is 1. The van der Waals surface area contributed by atoms with Gasteiger partial charge in [-0.15, -0.1) is 0 Å². The molecule has 3 amide bonds. The lowest BCUT2D eigenvalue weighted by Gasteiger charge is -2.37. The Balaban J connectivity index is 0.000000195. The minimum atomic E-state index is -4.40. The summed E-state index contributed by atoms with van der Waals surface area (Å²) in [6, 6.07) is 29.2. The Morgan fingerprint density at radius 1 is 0.859 bits per heavy atom. The number of nitrogens with zero attached hydrogens (tertiary/aromatic N) is 1. The van der Waals surface area contributed by atoms with Gasteiger partial charge in [0.15, 0.2) is 0 Å². The van der Waals surface area contributed by atoms with Crippen LogP contribution in [0.25, 0.3) is 0 Å². The molecule has 64 heavy (non-hydrogen) atoms. The Morgan fingerprint density at radius 2 is 1.45 bits per heavy atom. The van der Waals surface area contributed by atoms with Crippen LogP contribution in [0.1, 0.15) is 62.8 Å². The predicted octanol–water partition coefficient (Wildman–Crippen LogP) is 10.4. The molecular formula is C48H48F3N3O9S. The van der Waals surface area contributed by atoms with Gasteiger partial charge in [-0.2, -0.15) is 13.2 Å². The summed E-state index contributed by atoms with van der Waals surface area (Å²) in [5.74, 6) is 2.22. The lowest BCUT2D eigenvalue weighted by atomic mass is 9.87. The number of halogens is 3. The number of amides is 3. The van der Waals surface area contributed by atoms with Gasteiger partial charge in [-0.25, -0.2) is 0 Å². The number of anilines is 1. The van der Waals surface area contributed by atoms with Gasteiger partial charge >= 0.3 is 6.18 Å². The highest BCUT2D eigenvalue weighted by Crippen LogP contribution is 2.43. The summed E-state index contributed by atoms with van der Waals surface area (Å²) >= 11 is 1.04. The zero-order chi connectivity index (χ0) is 46.6. The van der Waals surface area contributed by atoms with Crippen molar-refractivity contribution in [1.29, 1.82) is 0 Å². The number of benzene rings is 5. The normalized spacial score (nSPS) is 16.2. The minimum absolute atomic E-state index is 0.230. The van der Waals surface area contributed by atoms with Crippen molar-refractivity contribution in [2.75, 3.05) is 11.9 Å². The van der Waals surface area contributed by atoms with E-state index in [0.717, 1.165) is 76.1 Å². The topological polar surface area (TPSA) is 180 Å². The molecule has 8 rings (SSSR count). The van der Waals surface area contributed by atoms with Crippen molar-refractivity contribution < 1.29 is 56.9 Å². The predicted molar refractivity (Wildman–Crippen MR) is 237 cm³/mol. The van der Waals surface area contributed by atoms with Crippen molar-refractivity contribution in [1.82, 2.24) is 10.5 Å². The smallest absolute Gasteiger partial charge is 0.416 e. The molecule has 0 radical (unpaired) electrons. The van der Waals surface area contributed by atoms with Crippen LogP contribution in [0.15, 0.2) is 120 Å². The number of phenolic OH excluding ortho intramolecular Hbond substituents is 3. The molecule has 5 aromatic carbocycles. The highest BCUT2D eigenvalue weighted by atomic mass is 32.2. The van der Waals surface area contributed by atoms with E-state index in [9.17, 15) is 32.7 Å². The molecule has 1 saturated heterocycles. The van der Waals surface area contributed by atoms with E-state index in [1.807, 2.05) is 64.1 Å². The van der Waals surface area contributed by atoms with Crippen LogP contribution in [0.5, 0.6) is 28.7 Å². The number of carbonyl (C=O) groups is 3. The van der Waals surface area contributed by atoms with E-state index in [1.165, 1.54) is 18.3 Å². The highest BCUT2D eigenvalue weighted by molar-refractivity contribution is 8.15. The second kappa shape index (κ2) is 21.4. The third-order valence-electron chi connectivity index (χ3n) is 10.2. The van der Waals surface area contributed by atoms with Crippen LogP contribution in [0.2, 0.25) is 0 Å². The van der Waals surface area contributed by atoms with E-state index in [-0.39, 0.29) is 27.6 Å². The number of aryl methyl sites for hydroxylation is 1. The van der Waals surface area contributed by atoms with E-state index in [1.54, 1.807) is 55.5 Å². The van der Waals surface area contributed by atoms with Gasteiger partial charge in [-0.3, -0.25) is 19.7 Å². The van der Waals surface area contributed by atoms with Gasteiger partial charge < -0.3 is 34.6 Å². The average molecular weight is 900 g/mol. The molecule has 0 bridgehead atoms. The molecule has 0 spiro atoms. The largest absolute Gasteiger partial charge is 0.508 e. The van der Waals surface area contributed by atoms with Crippen LogP contribution >= 0.6 is 11.8 Å². The number of nitrogens with one attached hydrogen (secondary N) is 2. The third-order valence-corrected chi connectivity index (χ3v) is 11.2. The number of hydrogen-bond acceptors (Lipinski definition) is 11. The number of ether oxygens (including phenoxy) is 2. The Hall–Kier alpha value is -6.94. The molecule has 6 aromatic rings. The number of para-hydroxylation sites is 2.